The van der Waals surface area contributed by atoms with Crippen molar-refractivity contribution < 1.29 is 4.74 Å². The SMILES string of the molecule is C#CCCc1c(C)cc(OCC)cc1C. The van der Waals surface area contributed by atoms with E-state index in [1.54, 1.807) is 0 Å². The minimum Gasteiger partial charge on any atom is -0.494 e. The molecule has 1 aromatic carbocycles. The number of terminal acetylenes is 1. The fourth-order valence-electron chi connectivity index (χ4n) is 1.80. The van der Waals surface area contributed by atoms with Gasteiger partial charge in [0.1, 0.15) is 5.75 Å². The number of ether oxygens (including phenoxy) is 1. The molecule has 0 saturated heterocycles. The van der Waals surface area contributed by atoms with E-state index in [9.17, 15) is 0 Å². The van der Waals surface area contributed by atoms with E-state index >= 15 is 0 Å². The zero-order chi connectivity index (χ0) is 11.3. The van der Waals surface area contributed by atoms with Crippen molar-refractivity contribution in [2.45, 2.75) is 33.6 Å². The lowest BCUT2D eigenvalue weighted by atomic mass is 9.98. The van der Waals surface area contributed by atoms with Crippen LogP contribution in [0.25, 0.3) is 0 Å². The molecule has 0 aromatic heterocycles. The first kappa shape index (κ1) is 11.7. The van der Waals surface area contributed by atoms with Crippen molar-refractivity contribution in [2.75, 3.05) is 6.61 Å². The maximum absolute atomic E-state index is 5.49. The predicted molar refractivity (Wildman–Crippen MR) is 64.2 cm³/mol. The fraction of sp³-hybridized carbons (Fsp3) is 0.429. The summed E-state index contributed by atoms with van der Waals surface area (Å²) in [5.74, 6) is 3.63. The number of hydrogen-bond donors (Lipinski definition) is 0. The van der Waals surface area contributed by atoms with Crippen molar-refractivity contribution in [3.8, 4) is 18.1 Å². The maximum atomic E-state index is 5.49. The largest absolute Gasteiger partial charge is 0.494 e. The van der Waals surface area contributed by atoms with E-state index in [4.69, 9.17) is 11.2 Å². The van der Waals surface area contributed by atoms with Gasteiger partial charge in [-0.1, -0.05) is 0 Å². The summed E-state index contributed by atoms with van der Waals surface area (Å²) in [4.78, 5) is 0. The predicted octanol–water partition coefficient (Wildman–Crippen LogP) is 3.27. The van der Waals surface area contributed by atoms with Crippen molar-refractivity contribution in [2.24, 2.45) is 0 Å². The molecule has 0 aliphatic heterocycles. The average Bonchev–Trinajstić information content (AvgIpc) is 2.17. The maximum Gasteiger partial charge on any atom is 0.119 e. The van der Waals surface area contributed by atoms with Gasteiger partial charge in [-0.3, -0.25) is 0 Å². The van der Waals surface area contributed by atoms with E-state index in [0.717, 1.165) is 18.6 Å². The van der Waals surface area contributed by atoms with Gasteiger partial charge in [-0.05, 0) is 56.0 Å². The highest BCUT2D eigenvalue weighted by molar-refractivity contribution is 5.41. The van der Waals surface area contributed by atoms with Gasteiger partial charge < -0.3 is 4.74 Å². The van der Waals surface area contributed by atoms with Crippen LogP contribution in [-0.4, -0.2) is 6.61 Å². The third-order valence-corrected chi connectivity index (χ3v) is 2.50. The third-order valence-electron chi connectivity index (χ3n) is 2.50. The molecule has 1 nitrogen and oxygen atoms in total. The van der Waals surface area contributed by atoms with Crippen LogP contribution in [0.3, 0.4) is 0 Å². The Morgan fingerprint density at radius 2 is 1.87 bits per heavy atom. The van der Waals surface area contributed by atoms with Crippen molar-refractivity contribution in [3.63, 3.8) is 0 Å². The number of hydrogen-bond acceptors (Lipinski definition) is 1. The van der Waals surface area contributed by atoms with E-state index in [1.165, 1.54) is 16.7 Å². The van der Waals surface area contributed by atoms with Crippen LogP contribution in [0.4, 0.5) is 0 Å². The van der Waals surface area contributed by atoms with Crippen LogP contribution in [0.5, 0.6) is 5.75 Å². The quantitative estimate of drug-likeness (QED) is 0.681. The van der Waals surface area contributed by atoms with Gasteiger partial charge in [0, 0.05) is 6.42 Å². The highest BCUT2D eigenvalue weighted by atomic mass is 16.5. The molecule has 0 bridgehead atoms. The molecular formula is C14H18O. The summed E-state index contributed by atoms with van der Waals surface area (Å²) < 4.78 is 5.49. The van der Waals surface area contributed by atoms with E-state index in [0.29, 0.717) is 6.61 Å². The number of benzene rings is 1. The normalized spacial score (nSPS) is 9.73. The molecule has 0 fully saturated rings. The zero-order valence-corrected chi connectivity index (χ0v) is 9.76. The van der Waals surface area contributed by atoms with Crippen LogP contribution >= 0.6 is 0 Å². The molecular weight excluding hydrogens is 184 g/mol. The first-order valence-electron chi connectivity index (χ1n) is 5.35. The minimum absolute atomic E-state index is 0.711. The van der Waals surface area contributed by atoms with Gasteiger partial charge in [0.05, 0.1) is 6.61 Å². The van der Waals surface area contributed by atoms with E-state index in [1.807, 2.05) is 6.92 Å². The molecule has 1 rings (SSSR count). The van der Waals surface area contributed by atoms with Gasteiger partial charge in [0.25, 0.3) is 0 Å². The molecule has 0 radical (unpaired) electrons. The van der Waals surface area contributed by atoms with E-state index < -0.39 is 0 Å². The van der Waals surface area contributed by atoms with Crippen LogP contribution in [-0.2, 0) is 6.42 Å². The summed E-state index contributed by atoms with van der Waals surface area (Å²) in [6.45, 7) is 6.93. The van der Waals surface area contributed by atoms with Crippen molar-refractivity contribution >= 4 is 0 Å². The van der Waals surface area contributed by atoms with E-state index in [-0.39, 0.29) is 0 Å². The minimum atomic E-state index is 0.711. The Kier molecular flexibility index (Phi) is 4.24. The lowest BCUT2D eigenvalue weighted by molar-refractivity contribution is 0.339. The molecule has 0 amide bonds. The lowest BCUT2D eigenvalue weighted by Gasteiger charge is -2.11. The summed E-state index contributed by atoms with van der Waals surface area (Å²) in [6.07, 6.45) is 7.04. The van der Waals surface area contributed by atoms with Gasteiger partial charge in [-0.25, -0.2) is 0 Å². The van der Waals surface area contributed by atoms with E-state index in [2.05, 4.69) is 31.9 Å². The van der Waals surface area contributed by atoms with Gasteiger partial charge in [0.15, 0.2) is 0 Å². The van der Waals surface area contributed by atoms with Crippen molar-refractivity contribution in [1.82, 2.24) is 0 Å². The van der Waals surface area contributed by atoms with Crippen molar-refractivity contribution in [1.29, 1.82) is 0 Å². The van der Waals surface area contributed by atoms with Crippen LogP contribution in [0.2, 0.25) is 0 Å². The molecule has 0 unspecified atom stereocenters. The first-order valence-corrected chi connectivity index (χ1v) is 5.35. The van der Waals surface area contributed by atoms with Crippen LogP contribution in [0, 0.1) is 26.2 Å². The highest BCUT2D eigenvalue weighted by Crippen LogP contribution is 2.22. The molecule has 0 heterocycles. The molecule has 15 heavy (non-hydrogen) atoms. The molecule has 1 aromatic rings. The molecule has 0 atom stereocenters. The fourth-order valence-corrected chi connectivity index (χ4v) is 1.80. The van der Waals surface area contributed by atoms with Gasteiger partial charge in [-0.2, -0.15) is 0 Å². The molecule has 80 valence electrons. The summed E-state index contributed by atoms with van der Waals surface area (Å²) in [5, 5.41) is 0. The van der Waals surface area contributed by atoms with Gasteiger partial charge in [-0.15, -0.1) is 12.3 Å². The Morgan fingerprint density at radius 3 is 2.33 bits per heavy atom. The van der Waals surface area contributed by atoms with Crippen LogP contribution in [0.15, 0.2) is 12.1 Å². The Balaban J connectivity index is 2.94. The second-order valence-corrected chi connectivity index (χ2v) is 3.67. The van der Waals surface area contributed by atoms with Gasteiger partial charge >= 0.3 is 0 Å². The number of aryl methyl sites for hydroxylation is 2. The van der Waals surface area contributed by atoms with Crippen LogP contribution in [0.1, 0.15) is 30.0 Å². The average molecular weight is 202 g/mol. The molecule has 0 saturated carbocycles. The Bertz CT molecular complexity index is 348. The highest BCUT2D eigenvalue weighted by Gasteiger charge is 2.04. The summed E-state index contributed by atoms with van der Waals surface area (Å²) in [7, 11) is 0. The summed E-state index contributed by atoms with van der Waals surface area (Å²) in [5.41, 5.74) is 3.90. The zero-order valence-electron chi connectivity index (χ0n) is 9.76. The lowest BCUT2D eigenvalue weighted by Crippen LogP contribution is -1.97. The smallest absolute Gasteiger partial charge is 0.119 e. The van der Waals surface area contributed by atoms with Crippen molar-refractivity contribution in [3.05, 3.63) is 28.8 Å². The Labute approximate surface area is 92.5 Å². The second-order valence-electron chi connectivity index (χ2n) is 3.67. The topological polar surface area (TPSA) is 9.23 Å². The van der Waals surface area contributed by atoms with Crippen LogP contribution < -0.4 is 4.74 Å². The summed E-state index contributed by atoms with van der Waals surface area (Å²) in [6, 6.07) is 4.17. The summed E-state index contributed by atoms with van der Waals surface area (Å²) >= 11 is 0. The third kappa shape index (κ3) is 3.02. The molecule has 0 aliphatic carbocycles. The molecule has 1 heteroatoms. The molecule has 0 N–H and O–H groups in total. The second kappa shape index (κ2) is 5.46. The monoisotopic (exact) mass is 202 g/mol. The molecule has 0 spiro atoms. The van der Waals surface area contributed by atoms with Gasteiger partial charge in [0.2, 0.25) is 0 Å². The Hall–Kier alpha value is -1.42. The Morgan fingerprint density at radius 1 is 1.27 bits per heavy atom. The standard InChI is InChI=1S/C14H18O/c1-5-7-8-14-11(3)9-13(15-6-2)10-12(14)4/h1,9-10H,6-8H2,2-4H3. The molecule has 0 aliphatic rings. The first-order chi connectivity index (χ1) is 7.19. The number of rotatable bonds is 4.